The van der Waals surface area contributed by atoms with Crippen LogP contribution in [-0.2, 0) is 0 Å². The molecule has 0 aliphatic carbocycles. The number of aliphatic imine (C=N–C) groups is 1. The number of aromatic nitrogens is 2. The molecule has 2 heterocycles. The molecule has 0 saturated carbocycles. The van der Waals surface area contributed by atoms with Crippen molar-refractivity contribution in [3.63, 3.8) is 0 Å². The molecule has 0 radical (unpaired) electrons. The number of rotatable bonds is 4. The van der Waals surface area contributed by atoms with Crippen molar-refractivity contribution in [1.82, 2.24) is 14.9 Å². The first-order valence-electron chi connectivity index (χ1n) is 11.8. The molecule has 1 aliphatic heterocycles. The number of ether oxygens (including phenoxy) is 1. The summed E-state index contributed by atoms with van der Waals surface area (Å²) < 4.78 is 5.43. The highest BCUT2D eigenvalue weighted by atomic mass is 35.5. The van der Waals surface area contributed by atoms with E-state index in [2.05, 4.69) is 37.3 Å². The Morgan fingerprint density at radius 3 is 2.24 bits per heavy atom. The second-order valence-corrected chi connectivity index (χ2v) is 9.97. The fourth-order valence-electron chi connectivity index (χ4n) is 4.16. The molecule has 11 heteroatoms. The minimum atomic E-state index is 0.251. The van der Waals surface area contributed by atoms with E-state index >= 15 is 0 Å². The van der Waals surface area contributed by atoms with Gasteiger partial charge in [0.05, 0.1) is 12.8 Å². The Balaban J connectivity index is 1.57. The Morgan fingerprint density at radius 1 is 0.919 bits per heavy atom. The topological polar surface area (TPSA) is 77.9 Å². The second-order valence-electron chi connectivity index (χ2n) is 8.71. The lowest BCUT2D eigenvalue weighted by molar-refractivity contribution is 0.385. The van der Waals surface area contributed by atoms with E-state index in [9.17, 15) is 0 Å². The number of nitrogens with one attached hydrogen (secondary N) is 2. The fraction of sp³-hybridized carbons (Fsp3) is 0.308. The Morgan fingerprint density at radius 2 is 1.57 bits per heavy atom. The van der Waals surface area contributed by atoms with Crippen LogP contribution in [0.5, 0.6) is 5.75 Å². The fourth-order valence-corrected chi connectivity index (χ4v) is 4.69. The smallest absolute Gasteiger partial charge is 0.229 e. The van der Waals surface area contributed by atoms with Gasteiger partial charge < -0.3 is 19.9 Å². The van der Waals surface area contributed by atoms with E-state index in [4.69, 9.17) is 45.1 Å². The van der Waals surface area contributed by atoms with Gasteiger partial charge in [0.2, 0.25) is 17.0 Å². The predicted octanol–water partition coefficient (Wildman–Crippen LogP) is 5.70. The molecule has 3 aromatic rings. The van der Waals surface area contributed by atoms with Gasteiger partial charge in [0.15, 0.2) is 0 Å². The lowest BCUT2D eigenvalue weighted by Crippen LogP contribution is -2.51. The van der Waals surface area contributed by atoms with Gasteiger partial charge in [-0.2, -0.15) is 4.99 Å². The third kappa shape index (κ3) is 7.00. The van der Waals surface area contributed by atoms with Crippen LogP contribution in [0.3, 0.4) is 0 Å². The summed E-state index contributed by atoms with van der Waals surface area (Å²) in [6.07, 6.45) is 0. The number of guanidine groups is 1. The van der Waals surface area contributed by atoms with E-state index in [0.29, 0.717) is 41.5 Å². The Kier molecular flexibility index (Phi) is 8.68. The second kappa shape index (κ2) is 11.9. The van der Waals surface area contributed by atoms with Crippen LogP contribution in [0.15, 0.2) is 47.5 Å². The van der Waals surface area contributed by atoms with Crippen molar-refractivity contribution in [2.75, 3.05) is 48.8 Å². The number of nitrogens with zero attached hydrogens (tertiary/aromatic N) is 5. The van der Waals surface area contributed by atoms with Crippen LogP contribution < -0.4 is 20.3 Å². The van der Waals surface area contributed by atoms with Gasteiger partial charge in [0.25, 0.3) is 0 Å². The van der Waals surface area contributed by atoms with Gasteiger partial charge in [-0.15, -0.1) is 0 Å². The molecule has 0 spiro atoms. The first-order valence-corrected chi connectivity index (χ1v) is 13.0. The number of hydrogen-bond donors (Lipinski definition) is 2. The van der Waals surface area contributed by atoms with Gasteiger partial charge in [-0.1, -0.05) is 29.3 Å². The van der Waals surface area contributed by atoms with Crippen LogP contribution in [0.4, 0.5) is 17.3 Å². The van der Waals surface area contributed by atoms with Crippen LogP contribution >= 0.6 is 35.4 Å². The summed E-state index contributed by atoms with van der Waals surface area (Å²) >= 11 is 18.1. The maximum absolute atomic E-state index is 6.27. The van der Waals surface area contributed by atoms with Crippen molar-refractivity contribution in [1.29, 1.82) is 0 Å². The third-order valence-electron chi connectivity index (χ3n) is 5.91. The highest BCUT2D eigenvalue weighted by Crippen LogP contribution is 2.28. The van der Waals surface area contributed by atoms with Crippen LogP contribution in [0.25, 0.3) is 0 Å². The van der Waals surface area contributed by atoms with E-state index in [1.165, 1.54) is 5.56 Å². The van der Waals surface area contributed by atoms with Crippen LogP contribution in [0.1, 0.15) is 17.0 Å². The zero-order chi connectivity index (χ0) is 26.5. The quantitative estimate of drug-likeness (QED) is 0.240. The summed E-state index contributed by atoms with van der Waals surface area (Å²) in [5, 5.41) is 7.96. The zero-order valence-electron chi connectivity index (χ0n) is 21.2. The number of methoxy groups -OCH3 is 1. The Bertz CT molecular complexity index is 1310. The van der Waals surface area contributed by atoms with Crippen molar-refractivity contribution in [3.8, 4) is 5.75 Å². The highest BCUT2D eigenvalue weighted by molar-refractivity contribution is 7.80. The van der Waals surface area contributed by atoms with Gasteiger partial charge in [-0.3, -0.25) is 5.32 Å². The molecule has 37 heavy (non-hydrogen) atoms. The maximum Gasteiger partial charge on any atom is 0.229 e. The van der Waals surface area contributed by atoms with Crippen molar-refractivity contribution in [3.05, 3.63) is 69.5 Å². The van der Waals surface area contributed by atoms with Gasteiger partial charge in [0.1, 0.15) is 5.75 Å². The normalized spacial score (nSPS) is 13.9. The van der Waals surface area contributed by atoms with E-state index in [1.54, 1.807) is 25.3 Å². The molecule has 194 valence electrons. The minimum absolute atomic E-state index is 0.251. The van der Waals surface area contributed by atoms with Gasteiger partial charge >= 0.3 is 0 Å². The minimum Gasteiger partial charge on any atom is -0.495 e. The van der Waals surface area contributed by atoms with Crippen LogP contribution in [0, 0.1) is 20.8 Å². The maximum atomic E-state index is 6.27. The first kappa shape index (κ1) is 26.9. The van der Waals surface area contributed by atoms with Crippen LogP contribution in [0.2, 0.25) is 10.0 Å². The van der Waals surface area contributed by atoms with E-state index < -0.39 is 0 Å². The molecule has 4 rings (SSSR count). The predicted molar refractivity (Wildman–Crippen MR) is 157 cm³/mol. The number of aryl methyl sites for hydroxylation is 3. The number of anilines is 3. The number of hydrogen-bond acceptors (Lipinski definition) is 5. The molecule has 1 aliphatic rings. The molecule has 2 aromatic carbocycles. The molecule has 1 fully saturated rings. The van der Waals surface area contributed by atoms with Gasteiger partial charge in [-0.25, -0.2) is 9.97 Å². The average molecular weight is 559 g/mol. The van der Waals surface area contributed by atoms with E-state index in [-0.39, 0.29) is 5.11 Å². The van der Waals surface area contributed by atoms with Crippen LogP contribution in [-0.4, -0.2) is 59.2 Å². The standard InChI is InChI=1S/C26H29Cl2N7OS/c1-16-5-6-20(28)15-22(16)34-9-11-35(12-10-34)25(32-24-29-17(2)13-18(3)30-24)33-26(37)31-21-14-19(27)7-8-23(21)36-4/h5-8,13-15H,9-12H2,1-4H3,(H2,29,30,31,32,33,37). The van der Waals surface area contributed by atoms with Crippen molar-refractivity contribution in [2.45, 2.75) is 20.8 Å². The van der Waals surface area contributed by atoms with Crippen molar-refractivity contribution < 1.29 is 4.74 Å². The molecule has 0 unspecified atom stereocenters. The number of benzene rings is 2. The zero-order valence-corrected chi connectivity index (χ0v) is 23.5. The number of thiocarbonyl (C=S) groups is 1. The molecule has 2 N–H and O–H groups in total. The molecule has 0 amide bonds. The van der Waals surface area contributed by atoms with E-state index in [1.807, 2.05) is 38.1 Å². The summed E-state index contributed by atoms with van der Waals surface area (Å²) in [6, 6.07) is 13.2. The first-order chi connectivity index (χ1) is 17.7. The Hall–Kier alpha value is -3.14. The van der Waals surface area contributed by atoms with E-state index in [0.717, 1.165) is 35.2 Å². The van der Waals surface area contributed by atoms with Crippen molar-refractivity contribution >= 4 is 63.8 Å². The molecule has 0 atom stereocenters. The lowest BCUT2D eigenvalue weighted by Gasteiger charge is -2.38. The Labute approximate surface area is 232 Å². The molecular formula is C26H29Cl2N7OS. The van der Waals surface area contributed by atoms with Gasteiger partial charge in [-0.05, 0) is 75.0 Å². The lowest BCUT2D eigenvalue weighted by atomic mass is 10.1. The molecule has 0 bridgehead atoms. The molecule has 1 saturated heterocycles. The monoisotopic (exact) mass is 557 g/mol. The number of halogens is 2. The SMILES string of the molecule is COc1ccc(Cl)cc1NC(=S)/N=C(/Nc1nc(C)cc(C)n1)N1CCN(c2cc(Cl)ccc2C)CC1. The molecular weight excluding hydrogens is 529 g/mol. The number of piperazine rings is 1. The van der Waals surface area contributed by atoms with Crippen molar-refractivity contribution in [2.24, 2.45) is 4.99 Å². The summed E-state index contributed by atoms with van der Waals surface area (Å²) in [5.41, 5.74) is 4.68. The molecule has 1 aromatic heterocycles. The van der Waals surface area contributed by atoms with Gasteiger partial charge in [0, 0.05) is 53.3 Å². The molecule has 8 nitrogen and oxygen atoms in total. The summed E-state index contributed by atoms with van der Waals surface area (Å²) in [5.74, 6) is 1.64. The third-order valence-corrected chi connectivity index (χ3v) is 6.57. The largest absolute Gasteiger partial charge is 0.495 e. The average Bonchev–Trinajstić information content (AvgIpc) is 2.85. The summed E-state index contributed by atoms with van der Waals surface area (Å²) in [7, 11) is 1.59. The summed E-state index contributed by atoms with van der Waals surface area (Å²) in [4.78, 5) is 18.2. The summed E-state index contributed by atoms with van der Waals surface area (Å²) in [6.45, 7) is 8.96. The highest BCUT2D eigenvalue weighted by Gasteiger charge is 2.23.